The zero-order valence-electron chi connectivity index (χ0n) is 21.4. The number of aromatic nitrogens is 3. The smallest absolute Gasteiger partial charge is 0.255 e. The van der Waals surface area contributed by atoms with Crippen molar-refractivity contribution in [3.05, 3.63) is 93.4 Å². The van der Waals surface area contributed by atoms with E-state index in [1.807, 2.05) is 55.5 Å². The van der Waals surface area contributed by atoms with Crippen LogP contribution in [0, 0.1) is 6.92 Å². The van der Waals surface area contributed by atoms with E-state index in [2.05, 4.69) is 21.6 Å². The standard InChI is InChI=1S/C21H20N2O2S.C9H8N2S/c1-13(24)19-18(23-20(25)14-8-4-2-5-9-14)16-12-15-10-6-3-7-11-17(15)22-21(16)26-19;1-7-10-11-9(12-7)8-5-3-2-4-6-8/h2,4-5,8-9,12H,3,6-7,10-11H2,1H3,(H,23,25);2-6H,1H3. The molecule has 38 heavy (non-hydrogen) atoms. The number of hydrogen-bond donors (Lipinski definition) is 1. The van der Waals surface area contributed by atoms with Crippen LogP contribution in [0.4, 0.5) is 5.69 Å². The van der Waals surface area contributed by atoms with E-state index < -0.39 is 0 Å². The molecular formula is C30H28N4O2S2. The molecule has 1 aliphatic rings. The third kappa shape index (κ3) is 5.87. The van der Waals surface area contributed by atoms with Crippen LogP contribution in [0.2, 0.25) is 0 Å². The van der Waals surface area contributed by atoms with Gasteiger partial charge in [-0.25, -0.2) is 4.98 Å². The molecule has 0 unspecified atom stereocenters. The molecule has 6 rings (SSSR count). The number of aryl methyl sites for hydroxylation is 3. The highest BCUT2D eigenvalue weighted by molar-refractivity contribution is 7.21. The first-order chi connectivity index (χ1) is 18.5. The number of carbonyl (C=O) groups excluding carboxylic acids is 2. The Balaban J connectivity index is 0.000000204. The SMILES string of the molecule is CC(=O)c1sc2nc3c(cc2c1NC(=O)c1ccccc1)CCCCC3.Cc1nnc(-c2ccccc2)s1. The second kappa shape index (κ2) is 11.8. The fraction of sp³-hybridized carbons (Fsp3) is 0.233. The Bertz CT molecular complexity index is 1580. The summed E-state index contributed by atoms with van der Waals surface area (Å²) in [6.07, 6.45) is 5.55. The minimum absolute atomic E-state index is 0.0495. The summed E-state index contributed by atoms with van der Waals surface area (Å²) in [4.78, 5) is 31.0. The molecule has 1 aliphatic carbocycles. The second-order valence-electron chi connectivity index (χ2n) is 9.18. The number of rotatable bonds is 4. The minimum atomic E-state index is -0.206. The number of carbonyl (C=O) groups is 2. The first kappa shape index (κ1) is 25.9. The Morgan fingerprint density at radius 2 is 1.58 bits per heavy atom. The number of ketones is 1. The summed E-state index contributed by atoms with van der Waals surface area (Å²) < 4.78 is 0. The van der Waals surface area contributed by atoms with Crippen LogP contribution >= 0.6 is 22.7 Å². The monoisotopic (exact) mass is 540 g/mol. The van der Waals surface area contributed by atoms with E-state index >= 15 is 0 Å². The topological polar surface area (TPSA) is 84.8 Å². The summed E-state index contributed by atoms with van der Waals surface area (Å²) in [7, 11) is 0. The van der Waals surface area contributed by atoms with E-state index in [0.29, 0.717) is 16.1 Å². The van der Waals surface area contributed by atoms with Crippen LogP contribution in [0.25, 0.3) is 20.8 Å². The van der Waals surface area contributed by atoms with Crippen LogP contribution in [-0.2, 0) is 12.8 Å². The molecule has 8 heteroatoms. The molecule has 0 saturated heterocycles. The molecule has 0 spiro atoms. The highest BCUT2D eigenvalue weighted by Crippen LogP contribution is 2.37. The lowest BCUT2D eigenvalue weighted by Crippen LogP contribution is -2.13. The van der Waals surface area contributed by atoms with Crippen molar-refractivity contribution in [1.29, 1.82) is 0 Å². The van der Waals surface area contributed by atoms with Crippen molar-refractivity contribution >= 4 is 50.3 Å². The fourth-order valence-corrected chi connectivity index (χ4v) is 6.18. The summed E-state index contributed by atoms with van der Waals surface area (Å²) in [5.74, 6) is -0.255. The Labute approximate surface area is 229 Å². The molecule has 3 aromatic heterocycles. The molecule has 0 bridgehead atoms. The molecule has 0 saturated carbocycles. The summed E-state index contributed by atoms with van der Waals surface area (Å²) in [6.45, 7) is 3.50. The number of anilines is 1. The van der Waals surface area contributed by atoms with E-state index in [9.17, 15) is 9.59 Å². The van der Waals surface area contributed by atoms with Gasteiger partial charge in [0.2, 0.25) is 0 Å². The number of hydrogen-bond acceptors (Lipinski definition) is 7. The summed E-state index contributed by atoms with van der Waals surface area (Å²) in [6, 6.07) is 21.3. The van der Waals surface area contributed by atoms with Gasteiger partial charge < -0.3 is 5.32 Å². The highest BCUT2D eigenvalue weighted by Gasteiger charge is 2.21. The Morgan fingerprint density at radius 1 is 0.868 bits per heavy atom. The molecular weight excluding hydrogens is 512 g/mol. The Morgan fingerprint density at radius 3 is 2.26 bits per heavy atom. The number of Topliss-reactive ketones (excluding diaryl/α,β-unsaturated/α-hetero) is 1. The van der Waals surface area contributed by atoms with Crippen LogP contribution in [-0.4, -0.2) is 26.9 Å². The summed E-state index contributed by atoms with van der Waals surface area (Å²) >= 11 is 2.99. The summed E-state index contributed by atoms with van der Waals surface area (Å²) in [5, 5.41) is 13.9. The van der Waals surface area contributed by atoms with Gasteiger partial charge in [-0.2, -0.15) is 0 Å². The van der Waals surface area contributed by atoms with Crippen LogP contribution < -0.4 is 5.32 Å². The van der Waals surface area contributed by atoms with E-state index in [0.717, 1.165) is 57.2 Å². The first-order valence-electron chi connectivity index (χ1n) is 12.7. The normalized spacial score (nSPS) is 12.7. The average Bonchev–Trinajstić information content (AvgIpc) is 3.44. The van der Waals surface area contributed by atoms with Crippen molar-refractivity contribution in [2.75, 3.05) is 5.32 Å². The van der Waals surface area contributed by atoms with Crippen LogP contribution in [0.1, 0.15) is 62.5 Å². The zero-order valence-corrected chi connectivity index (χ0v) is 23.0. The maximum absolute atomic E-state index is 12.6. The van der Waals surface area contributed by atoms with E-state index in [1.54, 1.807) is 23.5 Å². The lowest BCUT2D eigenvalue weighted by Gasteiger charge is -2.08. The molecule has 1 amide bonds. The molecule has 0 radical (unpaired) electrons. The second-order valence-corrected chi connectivity index (χ2v) is 11.4. The number of pyridine rings is 1. The molecule has 0 aliphatic heterocycles. The van der Waals surface area contributed by atoms with Crippen molar-refractivity contribution in [3.8, 4) is 10.6 Å². The van der Waals surface area contributed by atoms with Crippen molar-refractivity contribution in [3.63, 3.8) is 0 Å². The average molecular weight is 541 g/mol. The molecule has 2 aromatic carbocycles. The van der Waals surface area contributed by atoms with Crippen molar-refractivity contribution in [2.24, 2.45) is 0 Å². The first-order valence-corrected chi connectivity index (χ1v) is 14.3. The van der Waals surface area contributed by atoms with Crippen molar-refractivity contribution in [2.45, 2.75) is 46.0 Å². The molecule has 3 heterocycles. The highest BCUT2D eigenvalue weighted by atomic mass is 32.1. The Hall–Kier alpha value is -3.75. The minimum Gasteiger partial charge on any atom is -0.320 e. The van der Waals surface area contributed by atoms with Gasteiger partial charge in [0.15, 0.2) is 5.78 Å². The quantitative estimate of drug-likeness (QED) is 0.188. The van der Waals surface area contributed by atoms with E-state index in [1.165, 1.54) is 30.2 Å². The third-order valence-electron chi connectivity index (χ3n) is 6.35. The number of thiophene rings is 1. The fourth-order valence-electron chi connectivity index (χ4n) is 4.46. The third-order valence-corrected chi connectivity index (χ3v) is 8.44. The molecule has 192 valence electrons. The zero-order chi connectivity index (χ0) is 26.5. The van der Waals surface area contributed by atoms with Crippen LogP contribution in [0.5, 0.6) is 0 Å². The molecule has 1 N–H and O–H groups in total. The molecule has 0 atom stereocenters. The van der Waals surface area contributed by atoms with Crippen LogP contribution in [0.3, 0.4) is 0 Å². The van der Waals surface area contributed by atoms with Gasteiger partial charge in [0.05, 0.1) is 10.6 Å². The summed E-state index contributed by atoms with van der Waals surface area (Å²) in [5.41, 5.74) is 4.71. The molecule has 0 fully saturated rings. The van der Waals surface area contributed by atoms with Gasteiger partial charge in [0.25, 0.3) is 5.91 Å². The number of benzene rings is 2. The largest absolute Gasteiger partial charge is 0.320 e. The lowest BCUT2D eigenvalue weighted by atomic mass is 10.1. The van der Waals surface area contributed by atoms with Gasteiger partial charge in [-0.05, 0) is 56.4 Å². The van der Waals surface area contributed by atoms with Gasteiger partial charge in [0.1, 0.15) is 14.8 Å². The van der Waals surface area contributed by atoms with Gasteiger partial charge in [0, 0.05) is 29.1 Å². The number of nitrogens with zero attached hydrogens (tertiary/aromatic N) is 3. The molecule has 5 aromatic rings. The number of amides is 1. The predicted molar refractivity (Wildman–Crippen MR) is 155 cm³/mol. The van der Waals surface area contributed by atoms with Gasteiger partial charge in [-0.15, -0.1) is 21.5 Å². The van der Waals surface area contributed by atoms with Crippen LogP contribution in [0.15, 0.2) is 66.7 Å². The van der Waals surface area contributed by atoms with Crippen molar-refractivity contribution in [1.82, 2.24) is 15.2 Å². The Kier molecular flexibility index (Phi) is 8.00. The maximum Gasteiger partial charge on any atom is 0.255 e. The van der Waals surface area contributed by atoms with E-state index in [4.69, 9.17) is 4.98 Å². The van der Waals surface area contributed by atoms with Gasteiger partial charge in [-0.1, -0.05) is 66.3 Å². The lowest BCUT2D eigenvalue weighted by molar-refractivity contribution is 0.102. The number of nitrogens with one attached hydrogen (secondary N) is 1. The van der Waals surface area contributed by atoms with E-state index in [-0.39, 0.29) is 11.7 Å². The maximum atomic E-state index is 12.6. The number of fused-ring (bicyclic) bond motifs is 2. The molecule has 6 nitrogen and oxygen atoms in total. The predicted octanol–water partition coefficient (Wildman–Crippen LogP) is 7.53. The van der Waals surface area contributed by atoms with Gasteiger partial charge in [-0.3, -0.25) is 9.59 Å². The van der Waals surface area contributed by atoms with Crippen molar-refractivity contribution < 1.29 is 9.59 Å². The van der Waals surface area contributed by atoms with Gasteiger partial charge >= 0.3 is 0 Å².